The van der Waals surface area contributed by atoms with Crippen LogP contribution in [0.5, 0.6) is 0 Å². The van der Waals surface area contributed by atoms with Crippen molar-refractivity contribution in [1.29, 1.82) is 0 Å². The Morgan fingerprint density at radius 2 is 2.12 bits per heavy atom. The second-order valence-electron chi connectivity index (χ2n) is 5.05. The van der Waals surface area contributed by atoms with Gasteiger partial charge < -0.3 is 15.0 Å². The number of methoxy groups -OCH3 is 1. The maximum absolute atomic E-state index is 12.3. The van der Waals surface area contributed by atoms with Gasteiger partial charge in [0, 0.05) is 7.11 Å². The van der Waals surface area contributed by atoms with Crippen molar-refractivity contribution in [3.05, 3.63) is 0 Å². The fraction of sp³-hybridized carbons (Fsp3) is 0.833. The van der Waals surface area contributed by atoms with Crippen LogP contribution in [0.4, 0.5) is 0 Å². The molecule has 2 aliphatic rings. The van der Waals surface area contributed by atoms with Gasteiger partial charge in [-0.25, -0.2) is 0 Å². The average molecular weight is 240 g/mol. The van der Waals surface area contributed by atoms with Gasteiger partial charge in [-0.3, -0.25) is 9.59 Å². The van der Waals surface area contributed by atoms with E-state index in [0.717, 1.165) is 12.8 Å². The normalized spacial score (nSPS) is 31.4. The zero-order valence-electron chi connectivity index (χ0n) is 10.6. The lowest BCUT2D eigenvalue weighted by Gasteiger charge is -2.40. The number of ether oxygens (including phenoxy) is 1. The summed E-state index contributed by atoms with van der Waals surface area (Å²) in [6.07, 6.45) is 2.08. The zero-order valence-corrected chi connectivity index (χ0v) is 10.6. The molecule has 0 spiro atoms. The number of hydrogen-bond acceptors (Lipinski definition) is 3. The maximum atomic E-state index is 12.3. The van der Waals surface area contributed by atoms with Crippen molar-refractivity contribution in [2.45, 2.75) is 44.8 Å². The zero-order chi connectivity index (χ0) is 12.6. The third-order valence-electron chi connectivity index (χ3n) is 3.59. The molecule has 2 fully saturated rings. The summed E-state index contributed by atoms with van der Waals surface area (Å²) in [7, 11) is 1.61. The molecule has 1 aliphatic carbocycles. The van der Waals surface area contributed by atoms with Gasteiger partial charge in [0.05, 0.1) is 12.6 Å². The van der Waals surface area contributed by atoms with Crippen LogP contribution in [0.1, 0.15) is 26.7 Å². The van der Waals surface area contributed by atoms with E-state index < -0.39 is 6.04 Å². The molecule has 1 saturated heterocycles. The monoisotopic (exact) mass is 240 g/mol. The number of rotatable bonds is 4. The third kappa shape index (κ3) is 2.29. The number of nitrogens with one attached hydrogen (secondary N) is 1. The molecular weight excluding hydrogens is 220 g/mol. The summed E-state index contributed by atoms with van der Waals surface area (Å²) in [5.41, 5.74) is 0. The Morgan fingerprint density at radius 3 is 2.65 bits per heavy atom. The summed E-state index contributed by atoms with van der Waals surface area (Å²) in [6, 6.07) is -0.768. The molecule has 1 N–H and O–H groups in total. The smallest absolute Gasteiger partial charge is 0.246 e. The largest absolute Gasteiger partial charge is 0.383 e. The van der Waals surface area contributed by atoms with Crippen molar-refractivity contribution in [3.63, 3.8) is 0 Å². The first-order valence-electron chi connectivity index (χ1n) is 6.17. The summed E-state index contributed by atoms with van der Waals surface area (Å²) >= 11 is 0. The molecule has 17 heavy (non-hydrogen) atoms. The first kappa shape index (κ1) is 12.4. The van der Waals surface area contributed by atoms with Crippen LogP contribution in [-0.4, -0.2) is 48.6 Å². The van der Waals surface area contributed by atoms with Crippen LogP contribution in [0.3, 0.4) is 0 Å². The van der Waals surface area contributed by atoms with E-state index in [4.69, 9.17) is 4.74 Å². The second-order valence-corrected chi connectivity index (χ2v) is 5.05. The van der Waals surface area contributed by atoms with E-state index in [-0.39, 0.29) is 23.9 Å². The van der Waals surface area contributed by atoms with E-state index in [1.165, 1.54) is 0 Å². The molecule has 0 radical (unpaired) electrons. The number of carbonyl (C=O) groups is 2. The average Bonchev–Trinajstić information content (AvgIpc) is 3.08. The fourth-order valence-corrected chi connectivity index (χ4v) is 2.48. The molecule has 96 valence electrons. The molecule has 3 unspecified atom stereocenters. The topological polar surface area (TPSA) is 58.6 Å². The first-order chi connectivity index (χ1) is 8.06. The number of piperazine rings is 1. The second kappa shape index (κ2) is 4.64. The lowest BCUT2D eigenvalue weighted by Crippen LogP contribution is -2.65. The molecule has 3 atom stereocenters. The fourth-order valence-electron chi connectivity index (χ4n) is 2.48. The third-order valence-corrected chi connectivity index (χ3v) is 3.59. The highest BCUT2D eigenvalue weighted by Crippen LogP contribution is 2.35. The summed E-state index contributed by atoms with van der Waals surface area (Å²) in [5, 5.41) is 2.83. The SMILES string of the molecule is COCC(C)N1C(=O)C(C2CC2)NC(=O)C1C. The Labute approximate surface area is 101 Å². The van der Waals surface area contributed by atoms with E-state index in [9.17, 15) is 9.59 Å². The van der Waals surface area contributed by atoms with E-state index in [1.807, 2.05) is 6.92 Å². The first-order valence-corrected chi connectivity index (χ1v) is 6.17. The van der Waals surface area contributed by atoms with Crippen molar-refractivity contribution in [2.75, 3.05) is 13.7 Å². The van der Waals surface area contributed by atoms with Crippen LogP contribution in [0.2, 0.25) is 0 Å². The number of carbonyl (C=O) groups excluding carboxylic acids is 2. The van der Waals surface area contributed by atoms with E-state index in [1.54, 1.807) is 18.9 Å². The Hall–Kier alpha value is -1.10. The molecule has 5 nitrogen and oxygen atoms in total. The van der Waals surface area contributed by atoms with Crippen molar-refractivity contribution in [3.8, 4) is 0 Å². The van der Waals surface area contributed by atoms with Crippen LogP contribution < -0.4 is 5.32 Å². The lowest BCUT2D eigenvalue weighted by atomic mass is 10.0. The molecule has 1 heterocycles. The van der Waals surface area contributed by atoms with Gasteiger partial charge in [0.2, 0.25) is 11.8 Å². The van der Waals surface area contributed by atoms with Gasteiger partial charge in [-0.05, 0) is 32.6 Å². The van der Waals surface area contributed by atoms with E-state index in [2.05, 4.69) is 5.32 Å². The van der Waals surface area contributed by atoms with Crippen molar-refractivity contribution >= 4 is 11.8 Å². The predicted octanol–water partition coefficient (Wildman–Crippen LogP) is 0.147. The standard InChI is InChI=1S/C12H20N2O3/c1-7(6-17-3)14-8(2)11(15)13-10(12(14)16)9-4-5-9/h7-10H,4-6H2,1-3H3,(H,13,15). The van der Waals surface area contributed by atoms with Gasteiger partial charge in [0.1, 0.15) is 12.1 Å². The number of amides is 2. The minimum Gasteiger partial charge on any atom is -0.383 e. The summed E-state index contributed by atoms with van der Waals surface area (Å²) in [4.78, 5) is 25.9. The van der Waals surface area contributed by atoms with E-state index in [0.29, 0.717) is 12.5 Å². The molecule has 0 aromatic heterocycles. The summed E-state index contributed by atoms with van der Waals surface area (Å²) in [6.45, 7) is 4.14. The lowest BCUT2D eigenvalue weighted by molar-refractivity contribution is -0.152. The van der Waals surface area contributed by atoms with E-state index >= 15 is 0 Å². The minimum atomic E-state index is -0.400. The van der Waals surface area contributed by atoms with Crippen LogP contribution in [0.25, 0.3) is 0 Å². The molecule has 5 heteroatoms. The van der Waals surface area contributed by atoms with Crippen LogP contribution in [0, 0.1) is 5.92 Å². The maximum Gasteiger partial charge on any atom is 0.246 e. The van der Waals surface area contributed by atoms with Gasteiger partial charge in [0.25, 0.3) is 0 Å². The Balaban J connectivity index is 2.14. The summed E-state index contributed by atoms with van der Waals surface area (Å²) < 4.78 is 5.07. The van der Waals surface area contributed by atoms with Gasteiger partial charge in [-0.2, -0.15) is 0 Å². The molecule has 1 saturated carbocycles. The number of hydrogen-bond donors (Lipinski definition) is 1. The van der Waals surface area contributed by atoms with Crippen LogP contribution in [-0.2, 0) is 14.3 Å². The summed E-state index contributed by atoms with van der Waals surface area (Å²) in [5.74, 6) is 0.338. The van der Waals surface area contributed by atoms with Crippen LogP contribution >= 0.6 is 0 Å². The molecule has 2 rings (SSSR count). The Morgan fingerprint density at radius 1 is 1.47 bits per heavy atom. The highest BCUT2D eigenvalue weighted by atomic mass is 16.5. The molecule has 2 amide bonds. The Kier molecular flexibility index (Phi) is 3.38. The van der Waals surface area contributed by atoms with Gasteiger partial charge >= 0.3 is 0 Å². The minimum absolute atomic E-state index is 0.0455. The quantitative estimate of drug-likeness (QED) is 0.761. The predicted molar refractivity (Wildman–Crippen MR) is 62.3 cm³/mol. The van der Waals surface area contributed by atoms with Gasteiger partial charge in [-0.15, -0.1) is 0 Å². The molecule has 0 aromatic rings. The van der Waals surface area contributed by atoms with Crippen LogP contribution in [0.15, 0.2) is 0 Å². The molecule has 0 bridgehead atoms. The van der Waals surface area contributed by atoms with Crippen molar-refractivity contribution in [1.82, 2.24) is 10.2 Å². The highest BCUT2D eigenvalue weighted by molar-refractivity contribution is 5.97. The highest BCUT2D eigenvalue weighted by Gasteiger charge is 2.46. The van der Waals surface area contributed by atoms with Crippen molar-refractivity contribution < 1.29 is 14.3 Å². The molecular formula is C12H20N2O3. The van der Waals surface area contributed by atoms with Gasteiger partial charge in [-0.1, -0.05) is 0 Å². The number of nitrogens with zero attached hydrogens (tertiary/aromatic N) is 1. The Bertz CT molecular complexity index is 328. The molecule has 0 aromatic carbocycles. The molecule has 1 aliphatic heterocycles. The van der Waals surface area contributed by atoms with Gasteiger partial charge in [0.15, 0.2) is 0 Å². The van der Waals surface area contributed by atoms with Crippen molar-refractivity contribution in [2.24, 2.45) is 5.92 Å².